The molecule has 1 saturated heterocycles. The van der Waals surface area contributed by atoms with Crippen molar-refractivity contribution in [3.8, 4) is 0 Å². The van der Waals surface area contributed by atoms with Gasteiger partial charge in [-0.2, -0.15) is 0 Å². The summed E-state index contributed by atoms with van der Waals surface area (Å²) in [5, 5.41) is 0. The highest BCUT2D eigenvalue weighted by Crippen LogP contribution is 2.26. The summed E-state index contributed by atoms with van der Waals surface area (Å²) in [4.78, 5) is 12.9. The van der Waals surface area contributed by atoms with Crippen molar-refractivity contribution in [2.24, 2.45) is 0 Å². The number of carbonyl (C=O) groups excluding carboxylic acids is 1. The third-order valence-electron chi connectivity index (χ3n) is 3.75. The van der Waals surface area contributed by atoms with Crippen LogP contribution in [0.25, 0.3) is 0 Å². The van der Waals surface area contributed by atoms with Crippen molar-refractivity contribution < 1.29 is 13.2 Å². The number of hydrogen-bond acceptors (Lipinski definition) is 3. The summed E-state index contributed by atoms with van der Waals surface area (Å²) in [5.74, 6) is 0.414. The zero-order chi connectivity index (χ0) is 11.6. The fourth-order valence-electron chi connectivity index (χ4n) is 2.86. The van der Waals surface area contributed by atoms with Crippen molar-refractivity contribution in [3.05, 3.63) is 0 Å². The third-order valence-corrected chi connectivity index (χ3v) is 5.50. The molecule has 0 N–H and O–H groups in total. The molecule has 1 atom stereocenters. The van der Waals surface area contributed by atoms with Crippen LogP contribution in [0.5, 0.6) is 0 Å². The Morgan fingerprint density at radius 3 is 2.19 bits per heavy atom. The van der Waals surface area contributed by atoms with E-state index in [0.29, 0.717) is 6.42 Å². The zero-order valence-corrected chi connectivity index (χ0v) is 10.3. The van der Waals surface area contributed by atoms with E-state index in [9.17, 15) is 13.2 Å². The molecule has 16 heavy (non-hydrogen) atoms. The average molecular weight is 245 g/mol. The van der Waals surface area contributed by atoms with Crippen molar-refractivity contribution in [1.29, 1.82) is 0 Å². The monoisotopic (exact) mass is 245 g/mol. The van der Waals surface area contributed by atoms with E-state index in [2.05, 4.69) is 0 Å². The van der Waals surface area contributed by atoms with Gasteiger partial charge in [0.25, 0.3) is 0 Å². The predicted octanol–water partition coefficient (Wildman–Crippen LogP) is 0.965. The molecular weight excluding hydrogens is 226 g/mol. The molecule has 0 unspecified atom stereocenters. The van der Waals surface area contributed by atoms with Crippen LogP contribution in [0, 0.1) is 0 Å². The van der Waals surface area contributed by atoms with Crippen molar-refractivity contribution >= 4 is 16.2 Å². The van der Waals surface area contributed by atoms with Crippen molar-refractivity contribution in [2.75, 3.05) is 11.5 Å². The maximum Gasteiger partial charge on any atom is 0.210 e. The molecule has 0 aromatic heterocycles. The van der Waals surface area contributed by atoms with Crippen molar-refractivity contribution in [1.82, 2.24) is 4.90 Å². The summed E-state index contributed by atoms with van der Waals surface area (Å²) in [6.45, 7) is 0. The van der Waals surface area contributed by atoms with E-state index in [-0.39, 0.29) is 23.6 Å². The van der Waals surface area contributed by atoms with Gasteiger partial charge in [-0.15, -0.1) is 0 Å². The van der Waals surface area contributed by atoms with Crippen LogP contribution >= 0.6 is 0 Å². The zero-order valence-electron chi connectivity index (χ0n) is 9.47. The molecule has 0 bridgehead atoms. The summed E-state index contributed by atoms with van der Waals surface area (Å²) in [6, 6.07) is 0.218. The number of rotatable bonds is 3. The van der Waals surface area contributed by atoms with Gasteiger partial charge in [-0.1, -0.05) is 19.3 Å². The quantitative estimate of drug-likeness (QED) is 0.696. The molecule has 2 fully saturated rings. The number of hydrogen-bond donors (Lipinski definition) is 0. The molecule has 1 saturated carbocycles. The first kappa shape index (κ1) is 11.9. The van der Waals surface area contributed by atoms with Crippen LogP contribution in [-0.4, -0.2) is 43.3 Å². The first-order chi connectivity index (χ1) is 7.62. The molecule has 2 aliphatic rings. The Bertz CT molecular complexity index is 346. The van der Waals surface area contributed by atoms with E-state index >= 15 is 0 Å². The SMILES string of the molecule is O=CN(C1CCCCC1)[C@H]1CCS(=O)(=O)C1. The van der Waals surface area contributed by atoms with Gasteiger partial charge >= 0.3 is 0 Å². The van der Waals surface area contributed by atoms with Crippen LogP contribution in [-0.2, 0) is 14.6 Å². The molecule has 1 aliphatic carbocycles. The van der Waals surface area contributed by atoms with Gasteiger partial charge in [0, 0.05) is 12.1 Å². The molecule has 5 heteroatoms. The van der Waals surface area contributed by atoms with E-state index in [1.54, 1.807) is 4.90 Å². The van der Waals surface area contributed by atoms with E-state index in [4.69, 9.17) is 0 Å². The topological polar surface area (TPSA) is 54.5 Å². The van der Waals surface area contributed by atoms with Gasteiger partial charge in [-0.3, -0.25) is 4.79 Å². The standard InChI is InChI=1S/C11H19NO3S/c13-9-12(10-4-2-1-3-5-10)11-6-7-16(14,15)8-11/h9-11H,1-8H2/t11-/m0/s1. The molecule has 0 radical (unpaired) electrons. The smallest absolute Gasteiger partial charge is 0.210 e. The lowest BCUT2D eigenvalue weighted by Crippen LogP contribution is -2.43. The van der Waals surface area contributed by atoms with Gasteiger partial charge < -0.3 is 4.90 Å². The lowest BCUT2D eigenvalue weighted by atomic mass is 9.93. The Labute approximate surface area is 96.9 Å². The second kappa shape index (κ2) is 4.73. The van der Waals surface area contributed by atoms with Crippen LogP contribution in [0.1, 0.15) is 38.5 Å². The van der Waals surface area contributed by atoms with Gasteiger partial charge in [0.2, 0.25) is 6.41 Å². The minimum Gasteiger partial charge on any atom is -0.338 e. The first-order valence-electron chi connectivity index (χ1n) is 6.05. The van der Waals surface area contributed by atoms with E-state index in [1.807, 2.05) is 0 Å². The average Bonchev–Trinajstić information content (AvgIpc) is 2.62. The summed E-state index contributed by atoms with van der Waals surface area (Å²) in [6.07, 6.45) is 7.12. The van der Waals surface area contributed by atoms with Crippen molar-refractivity contribution in [3.63, 3.8) is 0 Å². The Morgan fingerprint density at radius 2 is 1.69 bits per heavy atom. The minimum atomic E-state index is -2.89. The highest BCUT2D eigenvalue weighted by Gasteiger charge is 2.35. The lowest BCUT2D eigenvalue weighted by Gasteiger charge is -2.35. The molecule has 1 amide bonds. The molecular formula is C11H19NO3S. The van der Waals surface area contributed by atoms with E-state index in [0.717, 1.165) is 32.1 Å². The van der Waals surface area contributed by atoms with Crippen LogP contribution in [0.3, 0.4) is 0 Å². The molecule has 2 rings (SSSR count). The predicted molar refractivity (Wildman–Crippen MR) is 61.8 cm³/mol. The van der Waals surface area contributed by atoms with Crippen LogP contribution in [0.2, 0.25) is 0 Å². The fraction of sp³-hybridized carbons (Fsp3) is 0.909. The second-order valence-corrected chi connectivity index (χ2v) is 7.13. The molecule has 0 aromatic carbocycles. The minimum absolute atomic E-state index is 0.0643. The van der Waals surface area contributed by atoms with Gasteiger partial charge in [0.05, 0.1) is 11.5 Å². The molecule has 0 aromatic rings. The Kier molecular flexibility index (Phi) is 3.52. The number of nitrogens with zero attached hydrogens (tertiary/aromatic N) is 1. The number of amides is 1. The molecule has 0 spiro atoms. The molecule has 4 nitrogen and oxygen atoms in total. The van der Waals surface area contributed by atoms with Gasteiger partial charge in [0.1, 0.15) is 0 Å². The largest absolute Gasteiger partial charge is 0.338 e. The summed E-state index contributed by atoms with van der Waals surface area (Å²) < 4.78 is 22.8. The maximum atomic E-state index is 11.4. The van der Waals surface area contributed by atoms with Gasteiger partial charge in [-0.25, -0.2) is 8.42 Å². The van der Waals surface area contributed by atoms with E-state index < -0.39 is 9.84 Å². The molecule has 92 valence electrons. The maximum absolute atomic E-state index is 11.4. The highest BCUT2D eigenvalue weighted by molar-refractivity contribution is 7.91. The van der Waals surface area contributed by atoms with E-state index in [1.165, 1.54) is 6.42 Å². The van der Waals surface area contributed by atoms with Gasteiger partial charge in [-0.05, 0) is 19.3 Å². The number of sulfone groups is 1. The second-order valence-electron chi connectivity index (χ2n) is 4.90. The fourth-order valence-corrected chi connectivity index (χ4v) is 4.58. The Balaban J connectivity index is 2.02. The first-order valence-corrected chi connectivity index (χ1v) is 7.88. The lowest BCUT2D eigenvalue weighted by molar-refractivity contribution is -0.122. The summed E-state index contributed by atoms with van der Waals surface area (Å²) >= 11 is 0. The summed E-state index contributed by atoms with van der Waals surface area (Å²) in [7, 11) is -2.89. The summed E-state index contributed by atoms with van der Waals surface area (Å²) in [5.41, 5.74) is 0. The molecule has 1 aliphatic heterocycles. The Morgan fingerprint density at radius 1 is 1.00 bits per heavy atom. The van der Waals surface area contributed by atoms with Crippen LogP contribution in [0.15, 0.2) is 0 Å². The molecule has 1 heterocycles. The Hall–Kier alpha value is -0.580. The third kappa shape index (κ3) is 2.56. The van der Waals surface area contributed by atoms with Crippen LogP contribution < -0.4 is 0 Å². The normalized spacial score (nSPS) is 30.1. The highest BCUT2D eigenvalue weighted by atomic mass is 32.2. The van der Waals surface area contributed by atoms with Crippen LogP contribution in [0.4, 0.5) is 0 Å². The van der Waals surface area contributed by atoms with Crippen molar-refractivity contribution in [2.45, 2.75) is 50.6 Å². The number of carbonyl (C=O) groups is 1. The van der Waals surface area contributed by atoms with Gasteiger partial charge in [0.15, 0.2) is 9.84 Å².